The first kappa shape index (κ1) is 13.8. The first-order chi connectivity index (χ1) is 9.54. The van der Waals surface area contributed by atoms with E-state index in [1.165, 1.54) is 12.1 Å². The van der Waals surface area contributed by atoms with Crippen molar-refractivity contribution in [1.29, 1.82) is 0 Å². The second-order valence-corrected chi connectivity index (χ2v) is 4.35. The van der Waals surface area contributed by atoms with Crippen LogP contribution in [0.2, 0.25) is 0 Å². The molecule has 0 unspecified atom stereocenters. The Hall–Kier alpha value is -2.63. The minimum absolute atomic E-state index is 0.0335. The van der Waals surface area contributed by atoms with Gasteiger partial charge in [0.1, 0.15) is 11.6 Å². The van der Waals surface area contributed by atoms with Crippen molar-refractivity contribution in [3.63, 3.8) is 0 Å². The largest absolute Gasteiger partial charge is 0.409 e. The lowest BCUT2D eigenvalue weighted by molar-refractivity contribution is 0.318. The van der Waals surface area contributed by atoms with Gasteiger partial charge in [0.15, 0.2) is 5.84 Å². The van der Waals surface area contributed by atoms with E-state index in [9.17, 15) is 4.39 Å². The van der Waals surface area contributed by atoms with Crippen LogP contribution in [-0.2, 0) is 0 Å². The number of aromatic nitrogens is 1. The summed E-state index contributed by atoms with van der Waals surface area (Å²) in [5.41, 5.74) is 7.65. The Morgan fingerprint density at radius 2 is 2.15 bits per heavy atom. The van der Waals surface area contributed by atoms with Crippen molar-refractivity contribution in [2.75, 3.05) is 11.9 Å². The summed E-state index contributed by atoms with van der Waals surface area (Å²) >= 11 is 0. The number of aryl methyl sites for hydroxylation is 1. The Morgan fingerprint density at radius 1 is 1.40 bits per heavy atom. The maximum atomic E-state index is 13.3. The third-order valence-corrected chi connectivity index (χ3v) is 3.02. The zero-order chi connectivity index (χ0) is 14.7. The zero-order valence-corrected chi connectivity index (χ0v) is 11.2. The summed E-state index contributed by atoms with van der Waals surface area (Å²) in [6.07, 6.45) is 1.62. The van der Waals surface area contributed by atoms with Gasteiger partial charge in [0, 0.05) is 18.9 Å². The van der Waals surface area contributed by atoms with Crippen LogP contribution in [-0.4, -0.2) is 23.1 Å². The van der Waals surface area contributed by atoms with Gasteiger partial charge in [0.2, 0.25) is 0 Å². The van der Waals surface area contributed by atoms with Crippen molar-refractivity contribution in [2.24, 2.45) is 10.9 Å². The topological polar surface area (TPSA) is 74.7 Å². The number of anilines is 2. The average Bonchev–Trinajstić information content (AvgIpc) is 2.45. The second kappa shape index (κ2) is 5.56. The number of amidine groups is 1. The molecule has 0 fully saturated rings. The molecule has 0 saturated heterocycles. The highest BCUT2D eigenvalue weighted by molar-refractivity contribution is 6.03. The number of benzene rings is 1. The fourth-order valence-electron chi connectivity index (χ4n) is 1.97. The van der Waals surface area contributed by atoms with Crippen molar-refractivity contribution in [3.8, 4) is 0 Å². The van der Waals surface area contributed by atoms with Crippen LogP contribution < -0.4 is 10.6 Å². The summed E-state index contributed by atoms with van der Waals surface area (Å²) in [6.45, 7) is 1.83. The van der Waals surface area contributed by atoms with E-state index in [0.717, 1.165) is 5.56 Å². The SMILES string of the molecule is Cc1ccnc(N(C)c2cccc(F)c2)c1/C(N)=N/O. The van der Waals surface area contributed by atoms with E-state index in [-0.39, 0.29) is 11.7 Å². The molecule has 0 spiro atoms. The molecule has 20 heavy (non-hydrogen) atoms. The highest BCUT2D eigenvalue weighted by Crippen LogP contribution is 2.27. The Morgan fingerprint density at radius 3 is 2.80 bits per heavy atom. The Labute approximate surface area is 116 Å². The highest BCUT2D eigenvalue weighted by atomic mass is 19.1. The number of hydrogen-bond acceptors (Lipinski definition) is 4. The maximum absolute atomic E-state index is 13.3. The molecule has 2 rings (SSSR count). The molecule has 2 aromatic rings. The number of rotatable bonds is 3. The summed E-state index contributed by atoms with van der Waals surface area (Å²) in [7, 11) is 1.74. The molecule has 0 radical (unpaired) electrons. The van der Waals surface area contributed by atoms with Crippen LogP contribution in [0.4, 0.5) is 15.9 Å². The fourth-order valence-corrected chi connectivity index (χ4v) is 1.97. The van der Waals surface area contributed by atoms with Gasteiger partial charge < -0.3 is 15.8 Å². The zero-order valence-electron chi connectivity index (χ0n) is 11.2. The third kappa shape index (κ3) is 2.54. The predicted molar refractivity (Wildman–Crippen MR) is 75.9 cm³/mol. The average molecular weight is 274 g/mol. The maximum Gasteiger partial charge on any atom is 0.174 e. The first-order valence-corrected chi connectivity index (χ1v) is 5.97. The van der Waals surface area contributed by atoms with Gasteiger partial charge in [-0.25, -0.2) is 9.37 Å². The van der Waals surface area contributed by atoms with Crippen LogP contribution in [0.3, 0.4) is 0 Å². The van der Waals surface area contributed by atoms with E-state index in [0.29, 0.717) is 17.1 Å². The van der Waals surface area contributed by atoms with Crippen LogP contribution in [0.25, 0.3) is 0 Å². The molecule has 0 bridgehead atoms. The predicted octanol–water partition coefficient (Wildman–Crippen LogP) is 2.39. The van der Waals surface area contributed by atoms with Crippen LogP contribution in [0.1, 0.15) is 11.1 Å². The quantitative estimate of drug-likeness (QED) is 0.390. The van der Waals surface area contributed by atoms with Gasteiger partial charge in [-0.2, -0.15) is 0 Å². The number of hydrogen-bond donors (Lipinski definition) is 2. The van der Waals surface area contributed by atoms with E-state index in [4.69, 9.17) is 10.9 Å². The molecule has 0 aliphatic carbocycles. The standard InChI is InChI=1S/C14H15FN4O/c1-9-6-7-17-14(12(9)13(16)18-20)19(2)11-5-3-4-10(15)8-11/h3-8,20H,1-2H3,(H2,16,18). The number of halogens is 1. The Kier molecular flexibility index (Phi) is 3.84. The van der Waals surface area contributed by atoms with Crippen LogP contribution in [0, 0.1) is 12.7 Å². The summed E-state index contributed by atoms with van der Waals surface area (Å²) in [5, 5.41) is 11.9. The van der Waals surface area contributed by atoms with E-state index >= 15 is 0 Å². The lowest BCUT2D eigenvalue weighted by Crippen LogP contribution is -2.22. The van der Waals surface area contributed by atoms with Crippen molar-refractivity contribution >= 4 is 17.3 Å². The monoisotopic (exact) mass is 274 g/mol. The normalized spacial score (nSPS) is 11.4. The molecule has 3 N–H and O–H groups in total. The summed E-state index contributed by atoms with van der Waals surface area (Å²) in [5.74, 6) is 0.118. The fraction of sp³-hybridized carbons (Fsp3) is 0.143. The molecule has 6 heteroatoms. The first-order valence-electron chi connectivity index (χ1n) is 5.97. The summed E-state index contributed by atoms with van der Waals surface area (Å²) in [6, 6.07) is 7.88. The van der Waals surface area contributed by atoms with E-state index in [1.54, 1.807) is 36.3 Å². The minimum Gasteiger partial charge on any atom is -0.409 e. The molecule has 1 aromatic heterocycles. The molecular formula is C14H15FN4O. The molecule has 1 aromatic carbocycles. The van der Waals surface area contributed by atoms with Crippen molar-refractivity contribution in [1.82, 2.24) is 4.98 Å². The number of oxime groups is 1. The van der Waals surface area contributed by atoms with Gasteiger partial charge in [-0.15, -0.1) is 0 Å². The smallest absolute Gasteiger partial charge is 0.174 e. The molecular weight excluding hydrogens is 259 g/mol. The van der Waals surface area contributed by atoms with Crippen molar-refractivity contribution in [3.05, 3.63) is 53.5 Å². The van der Waals surface area contributed by atoms with Gasteiger partial charge in [0.05, 0.1) is 5.56 Å². The van der Waals surface area contributed by atoms with Gasteiger partial charge >= 0.3 is 0 Å². The summed E-state index contributed by atoms with van der Waals surface area (Å²) in [4.78, 5) is 5.93. The minimum atomic E-state index is -0.340. The lowest BCUT2D eigenvalue weighted by atomic mass is 10.1. The molecule has 104 valence electrons. The molecule has 0 saturated carbocycles. The summed E-state index contributed by atoms with van der Waals surface area (Å²) < 4.78 is 13.3. The van der Waals surface area contributed by atoms with Crippen LogP contribution in [0.15, 0.2) is 41.7 Å². The van der Waals surface area contributed by atoms with Crippen LogP contribution in [0.5, 0.6) is 0 Å². The third-order valence-electron chi connectivity index (χ3n) is 3.02. The Bertz CT molecular complexity index is 657. The lowest BCUT2D eigenvalue weighted by Gasteiger charge is -2.22. The van der Waals surface area contributed by atoms with Gasteiger partial charge in [0.25, 0.3) is 0 Å². The number of nitrogens with zero attached hydrogens (tertiary/aromatic N) is 3. The number of nitrogens with two attached hydrogens (primary N) is 1. The van der Waals surface area contributed by atoms with E-state index < -0.39 is 0 Å². The van der Waals surface area contributed by atoms with Crippen LogP contribution >= 0.6 is 0 Å². The van der Waals surface area contributed by atoms with Gasteiger partial charge in [-0.05, 0) is 36.8 Å². The van der Waals surface area contributed by atoms with Gasteiger partial charge in [-0.3, -0.25) is 0 Å². The van der Waals surface area contributed by atoms with Crippen molar-refractivity contribution in [2.45, 2.75) is 6.92 Å². The molecule has 0 aliphatic rings. The molecule has 0 aliphatic heterocycles. The van der Waals surface area contributed by atoms with Crippen molar-refractivity contribution < 1.29 is 9.60 Å². The second-order valence-electron chi connectivity index (χ2n) is 4.35. The van der Waals surface area contributed by atoms with Gasteiger partial charge in [-0.1, -0.05) is 11.2 Å². The molecule has 0 amide bonds. The van der Waals surface area contributed by atoms with E-state index in [1.807, 2.05) is 6.92 Å². The molecule has 0 atom stereocenters. The Balaban J connectivity index is 2.55. The van der Waals surface area contributed by atoms with E-state index in [2.05, 4.69) is 10.1 Å². The molecule has 5 nitrogen and oxygen atoms in total. The highest BCUT2D eigenvalue weighted by Gasteiger charge is 2.16. The number of pyridine rings is 1. The molecule has 1 heterocycles.